The Labute approximate surface area is 186 Å². The van der Waals surface area contributed by atoms with Crippen molar-refractivity contribution in [2.75, 3.05) is 64.1 Å². The Morgan fingerprint density at radius 2 is 2.04 bits per heavy atom. The van der Waals surface area contributed by atoms with Crippen molar-refractivity contribution in [2.45, 2.75) is 45.1 Å². The zero-order valence-corrected chi connectivity index (χ0v) is 20.2. The molecule has 0 aromatic carbocycles. The molecule has 0 bridgehead atoms. The molecule has 2 aliphatic rings. The first-order chi connectivity index (χ1) is 12.7. The molecule has 6 nitrogen and oxygen atoms in total. The molecule has 0 spiro atoms. The summed E-state index contributed by atoms with van der Waals surface area (Å²) in [7, 11) is 0. The van der Waals surface area contributed by atoms with Gasteiger partial charge in [0.25, 0.3) is 0 Å². The van der Waals surface area contributed by atoms with Gasteiger partial charge in [0.05, 0.1) is 25.3 Å². The number of halogens is 1. The van der Waals surface area contributed by atoms with Crippen LogP contribution in [0, 0.1) is 5.92 Å². The molecule has 3 N–H and O–H groups in total. The zero-order chi connectivity index (χ0) is 18.7. The quantitative estimate of drug-likeness (QED) is 0.236. The highest BCUT2D eigenvalue weighted by Gasteiger charge is 2.40. The second kappa shape index (κ2) is 14.3. The second-order valence-corrected chi connectivity index (χ2v) is 8.47. The predicted octanol–water partition coefficient (Wildman–Crippen LogP) is 2.17. The molecule has 2 saturated heterocycles. The molecule has 2 heterocycles. The van der Waals surface area contributed by atoms with Crippen LogP contribution in [-0.2, 0) is 4.74 Å². The molecule has 2 rings (SSSR count). The Bertz CT molecular complexity index is 411. The minimum Gasteiger partial charge on any atom is -0.396 e. The van der Waals surface area contributed by atoms with Crippen LogP contribution in [0.4, 0.5) is 0 Å². The van der Waals surface area contributed by atoms with Crippen molar-refractivity contribution in [1.82, 2.24) is 15.5 Å². The highest BCUT2D eigenvalue weighted by Crippen LogP contribution is 2.34. The smallest absolute Gasteiger partial charge is 0.191 e. The van der Waals surface area contributed by atoms with E-state index < -0.39 is 0 Å². The summed E-state index contributed by atoms with van der Waals surface area (Å²) in [6, 6.07) is 0. The molecule has 0 amide bonds. The monoisotopic (exact) mass is 514 g/mol. The van der Waals surface area contributed by atoms with Gasteiger partial charge < -0.3 is 20.5 Å². The number of thioether (sulfide) groups is 1. The summed E-state index contributed by atoms with van der Waals surface area (Å²) < 4.78 is 5.55. The minimum atomic E-state index is 0. The van der Waals surface area contributed by atoms with E-state index in [0.29, 0.717) is 5.92 Å². The maximum Gasteiger partial charge on any atom is 0.191 e. The normalized spacial score (nSPS) is 25.1. The van der Waals surface area contributed by atoms with Gasteiger partial charge in [-0.15, -0.1) is 24.0 Å². The molecule has 8 heteroatoms. The van der Waals surface area contributed by atoms with Crippen LogP contribution in [0.25, 0.3) is 0 Å². The molecule has 2 fully saturated rings. The number of nitrogens with one attached hydrogen (secondary N) is 2. The number of nitrogens with zero attached hydrogens (tertiary/aromatic N) is 2. The van der Waals surface area contributed by atoms with Crippen molar-refractivity contribution < 1.29 is 9.84 Å². The van der Waals surface area contributed by atoms with Gasteiger partial charge in [-0.2, -0.15) is 11.8 Å². The van der Waals surface area contributed by atoms with Crippen molar-refractivity contribution >= 4 is 41.7 Å². The van der Waals surface area contributed by atoms with Crippen LogP contribution < -0.4 is 10.6 Å². The van der Waals surface area contributed by atoms with Gasteiger partial charge >= 0.3 is 0 Å². The molecule has 2 unspecified atom stereocenters. The van der Waals surface area contributed by atoms with Crippen LogP contribution >= 0.6 is 35.7 Å². The van der Waals surface area contributed by atoms with Crippen LogP contribution in [0.15, 0.2) is 4.99 Å². The summed E-state index contributed by atoms with van der Waals surface area (Å²) in [5, 5.41) is 16.2. The Morgan fingerprint density at radius 3 is 2.63 bits per heavy atom. The molecule has 27 heavy (non-hydrogen) atoms. The Kier molecular flexibility index (Phi) is 13.3. The lowest BCUT2D eigenvalue weighted by Gasteiger charge is -2.42. The zero-order valence-electron chi connectivity index (χ0n) is 17.0. The fraction of sp³-hybridized carbons (Fsp3) is 0.947. The summed E-state index contributed by atoms with van der Waals surface area (Å²) in [6.07, 6.45) is 4.36. The van der Waals surface area contributed by atoms with Crippen molar-refractivity contribution in [3.63, 3.8) is 0 Å². The molecule has 2 aliphatic heterocycles. The van der Waals surface area contributed by atoms with Gasteiger partial charge in [0.2, 0.25) is 0 Å². The third-order valence-corrected chi connectivity index (χ3v) is 6.67. The van der Waals surface area contributed by atoms with E-state index in [0.717, 1.165) is 71.2 Å². The number of morpholine rings is 1. The van der Waals surface area contributed by atoms with E-state index in [4.69, 9.17) is 9.73 Å². The Hall–Kier alpha value is 0.230. The van der Waals surface area contributed by atoms with Crippen LogP contribution in [-0.4, -0.2) is 85.6 Å². The lowest BCUT2D eigenvalue weighted by atomic mass is 9.96. The highest BCUT2D eigenvalue weighted by atomic mass is 127. The van der Waals surface area contributed by atoms with Gasteiger partial charge in [-0.3, -0.25) is 9.89 Å². The first-order valence-electron chi connectivity index (χ1n) is 10.3. The number of guanidine groups is 1. The standard InChI is InChI=1S/C19H38N4O2S.HI/c1-3-5-17(6-10-24)14-21-18(20-4-2)22-15-19(7-13-26-16-19)23-8-11-25-12-9-23;/h17,24H,3-16H2,1-2H3,(H2,20,21,22);1H. The van der Waals surface area contributed by atoms with Crippen molar-refractivity contribution in [1.29, 1.82) is 0 Å². The molecular formula is C19H39IN4O2S. The largest absolute Gasteiger partial charge is 0.396 e. The van der Waals surface area contributed by atoms with E-state index in [1.807, 2.05) is 0 Å². The Balaban J connectivity index is 0.00000364. The summed E-state index contributed by atoms with van der Waals surface area (Å²) >= 11 is 2.05. The molecule has 0 radical (unpaired) electrons. The minimum absolute atomic E-state index is 0. The van der Waals surface area contributed by atoms with Crippen molar-refractivity contribution in [3.8, 4) is 0 Å². The van der Waals surface area contributed by atoms with Gasteiger partial charge in [-0.1, -0.05) is 13.3 Å². The topological polar surface area (TPSA) is 69.1 Å². The molecule has 0 aromatic heterocycles. The van der Waals surface area contributed by atoms with E-state index in [2.05, 4.69) is 41.1 Å². The maximum atomic E-state index is 9.27. The summed E-state index contributed by atoms with van der Waals surface area (Å²) in [5.41, 5.74) is 0.185. The van der Waals surface area contributed by atoms with Crippen LogP contribution in [0.5, 0.6) is 0 Å². The molecule has 160 valence electrons. The summed E-state index contributed by atoms with van der Waals surface area (Å²) in [5.74, 6) is 3.81. The molecular weight excluding hydrogens is 475 g/mol. The highest BCUT2D eigenvalue weighted by molar-refractivity contribution is 14.0. The molecule has 0 aliphatic carbocycles. The first kappa shape index (κ1) is 25.3. The SMILES string of the molecule is CCCC(CCO)CNC(=NCC1(N2CCOCC2)CCSC1)NCC.I. The number of hydrogen-bond donors (Lipinski definition) is 3. The first-order valence-corrected chi connectivity index (χ1v) is 11.4. The number of rotatable bonds is 10. The number of aliphatic hydroxyl groups excluding tert-OH is 1. The number of ether oxygens (including phenoxy) is 1. The van der Waals surface area contributed by atoms with Crippen LogP contribution in [0.3, 0.4) is 0 Å². The molecule has 0 saturated carbocycles. The number of aliphatic imine (C=N–C) groups is 1. The predicted molar refractivity (Wildman–Crippen MR) is 127 cm³/mol. The fourth-order valence-electron chi connectivity index (χ4n) is 3.86. The lowest BCUT2D eigenvalue weighted by Crippen LogP contribution is -2.56. The van der Waals surface area contributed by atoms with E-state index in [9.17, 15) is 5.11 Å². The van der Waals surface area contributed by atoms with Crippen LogP contribution in [0.1, 0.15) is 39.5 Å². The molecule has 0 aromatic rings. The lowest BCUT2D eigenvalue weighted by molar-refractivity contribution is -0.0104. The third-order valence-electron chi connectivity index (χ3n) is 5.43. The number of hydrogen-bond acceptors (Lipinski definition) is 5. The van der Waals surface area contributed by atoms with Gasteiger partial charge in [0, 0.05) is 38.5 Å². The summed E-state index contributed by atoms with van der Waals surface area (Å²) in [4.78, 5) is 7.58. The van der Waals surface area contributed by atoms with E-state index in [1.54, 1.807) is 0 Å². The van der Waals surface area contributed by atoms with Gasteiger partial charge in [-0.05, 0) is 37.9 Å². The van der Waals surface area contributed by atoms with E-state index in [-0.39, 0.29) is 36.1 Å². The van der Waals surface area contributed by atoms with Crippen LogP contribution in [0.2, 0.25) is 0 Å². The van der Waals surface area contributed by atoms with Gasteiger partial charge in [-0.25, -0.2) is 0 Å². The maximum absolute atomic E-state index is 9.27. The average molecular weight is 515 g/mol. The fourth-order valence-corrected chi connectivity index (χ4v) is 5.32. The third kappa shape index (κ3) is 8.24. The van der Waals surface area contributed by atoms with Gasteiger partial charge in [0.1, 0.15) is 0 Å². The van der Waals surface area contributed by atoms with E-state index in [1.165, 1.54) is 17.9 Å². The van der Waals surface area contributed by atoms with Crippen molar-refractivity contribution in [2.24, 2.45) is 10.9 Å². The Morgan fingerprint density at radius 1 is 1.26 bits per heavy atom. The number of aliphatic hydroxyl groups is 1. The van der Waals surface area contributed by atoms with E-state index >= 15 is 0 Å². The average Bonchev–Trinajstić information content (AvgIpc) is 3.15. The van der Waals surface area contributed by atoms with Crippen molar-refractivity contribution in [3.05, 3.63) is 0 Å². The second-order valence-electron chi connectivity index (χ2n) is 7.37. The molecule has 2 atom stereocenters. The summed E-state index contributed by atoms with van der Waals surface area (Å²) in [6.45, 7) is 10.9. The van der Waals surface area contributed by atoms with Gasteiger partial charge in [0.15, 0.2) is 5.96 Å².